The molecule has 1 rings (SSSR count). The summed E-state index contributed by atoms with van der Waals surface area (Å²) in [7, 11) is -3.01. The third kappa shape index (κ3) is 2.21. The minimum atomic E-state index is -3.01. The quantitative estimate of drug-likeness (QED) is 0.618. The second kappa shape index (κ2) is 3.65. The number of rotatable bonds is 2. The molecule has 1 saturated heterocycles. The lowest BCUT2D eigenvalue weighted by atomic mass is 10.1. The van der Waals surface area contributed by atoms with Gasteiger partial charge in [0.2, 0.25) is 0 Å². The summed E-state index contributed by atoms with van der Waals surface area (Å²) in [4.78, 5) is 10.7. The fourth-order valence-electron chi connectivity index (χ4n) is 1.71. The van der Waals surface area contributed by atoms with Gasteiger partial charge in [-0.3, -0.25) is 4.79 Å². The van der Waals surface area contributed by atoms with Gasteiger partial charge < -0.3 is 4.74 Å². The monoisotopic (exact) mass is 206 g/mol. The highest BCUT2D eigenvalue weighted by atomic mass is 32.2. The van der Waals surface area contributed by atoms with Crippen LogP contribution in [-0.2, 0) is 19.4 Å². The summed E-state index contributed by atoms with van der Waals surface area (Å²) in [5.41, 5.74) is 0. The van der Waals surface area contributed by atoms with Crippen molar-refractivity contribution in [2.24, 2.45) is 0 Å². The van der Waals surface area contributed by atoms with Crippen LogP contribution in [0.1, 0.15) is 26.7 Å². The number of carbonyl (C=O) groups is 1. The van der Waals surface area contributed by atoms with E-state index in [-0.39, 0.29) is 5.75 Å². The van der Waals surface area contributed by atoms with Crippen molar-refractivity contribution in [2.45, 2.75) is 38.0 Å². The molecule has 1 aliphatic heterocycles. The molecule has 0 saturated carbocycles. The molecule has 0 spiro atoms. The molecule has 76 valence electrons. The average Bonchev–Trinajstić information content (AvgIpc) is 2.25. The van der Waals surface area contributed by atoms with Crippen LogP contribution in [0.15, 0.2) is 0 Å². The summed E-state index contributed by atoms with van der Waals surface area (Å²) in [5.74, 6) is -0.260. The van der Waals surface area contributed by atoms with Crippen molar-refractivity contribution in [3.05, 3.63) is 0 Å². The van der Waals surface area contributed by atoms with E-state index in [9.17, 15) is 13.2 Å². The van der Waals surface area contributed by atoms with Crippen LogP contribution in [0, 0.1) is 0 Å². The zero-order valence-corrected chi connectivity index (χ0v) is 8.63. The molecule has 5 heteroatoms. The third-order valence-corrected chi connectivity index (χ3v) is 4.65. The van der Waals surface area contributed by atoms with Crippen LogP contribution in [0.4, 0.5) is 0 Å². The molecule has 0 aromatic rings. The highest BCUT2D eigenvalue weighted by Crippen LogP contribution is 2.25. The van der Waals surface area contributed by atoms with E-state index in [0.29, 0.717) is 12.8 Å². The summed E-state index contributed by atoms with van der Waals surface area (Å²) < 4.78 is 27.7. The van der Waals surface area contributed by atoms with Crippen LogP contribution < -0.4 is 0 Å². The number of hydrogen-bond acceptors (Lipinski definition) is 4. The summed E-state index contributed by atoms with van der Waals surface area (Å²) in [6, 6.07) is 0. The molecular weight excluding hydrogens is 192 g/mol. The Kier molecular flexibility index (Phi) is 2.95. The summed E-state index contributed by atoms with van der Waals surface area (Å²) in [6.45, 7) is 3.10. The highest BCUT2D eigenvalue weighted by molar-refractivity contribution is 7.92. The van der Waals surface area contributed by atoms with Gasteiger partial charge in [-0.15, -0.1) is 0 Å². The average molecular weight is 206 g/mol. The Morgan fingerprint density at radius 3 is 2.62 bits per heavy atom. The first-order chi connectivity index (χ1) is 5.97. The van der Waals surface area contributed by atoms with Crippen LogP contribution in [0.2, 0.25) is 0 Å². The smallest absolute Gasteiger partial charge is 0.302 e. The SMILES string of the molecule is CCC1C(OC(C)=O)CCS1(=O)=O. The van der Waals surface area contributed by atoms with Crippen molar-refractivity contribution >= 4 is 15.8 Å². The van der Waals surface area contributed by atoms with Crippen LogP contribution in [0.25, 0.3) is 0 Å². The molecule has 0 radical (unpaired) electrons. The van der Waals surface area contributed by atoms with Gasteiger partial charge in [0.15, 0.2) is 9.84 Å². The molecule has 0 aromatic heterocycles. The van der Waals surface area contributed by atoms with Gasteiger partial charge in [0.1, 0.15) is 6.10 Å². The van der Waals surface area contributed by atoms with E-state index >= 15 is 0 Å². The first kappa shape index (κ1) is 10.5. The number of esters is 1. The maximum absolute atomic E-state index is 11.4. The van der Waals surface area contributed by atoms with E-state index in [1.54, 1.807) is 6.92 Å². The molecule has 0 amide bonds. The molecule has 1 aliphatic rings. The molecule has 13 heavy (non-hydrogen) atoms. The summed E-state index contributed by atoms with van der Waals surface area (Å²) in [5, 5.41) is -0.489. The summed E-state index contributed by atoms with van der Waals surface area (Å²) >= 11 is 0. The zero-order valence-electron chi connectivity index (χ0n) is 7.82. The van der Waals surface area contributed by atoms with Crippen molar-refractivity contribution < 1.29 is 17.9 Å². The number of carbonyl (C=O) groups excluding carboxylic acids is 1. The Morgan fingerprint density at radius 1 is 1.54 bits per heavy atom. The predicted octanol–water partition coefficient (Wildman–Crippen LogP) is 0.515. The van der Waals surface area contributed by atoms with Gasteiger partial charge in [-0.25, -0.2) is 8.42 Å². The van der Waals surface area contributed by atoms with E-state index in [4.69, 9.17) is 4.74 Å². The maximum atomic E-state index is 11.4. The van der Waals surface area contributed by atoms with Crippen molar-refractivity contribution in [1.29, 1.82) is 0 Å². The molecule has 0 N–H and O–H groups in total. The lowest BCUT2D eigenvalue weighted by Gasteiger charge is -2.16. The van der Waals surface area contributed by atoms with Gasteiger partial charge in [0.25, 0.3) is 0 Å². The van der Waals surface area contributed by atoms with E-state index < -0.39 is 27.2 Å². The number of sulfone groups is 1. The van der Waals surface area contributed by atoms with Crippen molar-refractivity contribution in [2.75, 3.05) is 5.75 Å². The summed E-state index contributed by atoms with van der Waals surface area (Å²) in [6.07, 6.45) is 0.535. The normalized spacial score (nSPS) is 31.5. The lowest BCUT2D eigenvalue weighted by molar-refractivity contribution is -0.146. The molecule has 0 aromatic carbocycles. The first-order valence-corrected chi connectivity index (χ1v) is 6.07. The van der Waals surface area contributed by atoms with E-state index in [1.165, 1.54) is 6.92 Å². The van der Waals surface area contributed by atoms with Gasteiger partial charge in [0.05, 0.1) is 11.0 Å². The molecule has 0 aliphatic carbocycles. The Balaban J connectivity index is 2.74. The minimum Gasteiger partial charge on any atom is -0.461 e. The number of ether oxygens (including phenoxy) is 1. The molecule has 0 bridgehead atoms. The van der Waals surface area contributed by atoms with Gasteiger partial charge in [-0.1, -0.05) is 6.92 Å². The van der Waals surface area contributed by atoms with Crippen LogP contribution >= 0.6 is 0 Å². The largest absolute Gasteiger partial charge is 0.461 e. The lowest BCUT2D eigenvalue weighted by Crippen LogP contribution is -2.29. The third-order valence-electron chi connectivity index (χ3n) is 2.28. The Bertz CT molecular complexity index is 293. The van der Waals surface area contributed by atoms with Gasteiger partial charge in [-0.2, -0.15) is 0 Å². The second-order valence-electron chi connectivity index (χ2n) is 3.25. The van der Waals surface area contributed by atoms with Crippen molar-refractivity contribution in [1.82, 2.24) is 0 Å². The highest BCUT2D eigenvalue weighted by Gasteiger charge is 2.40. The Labute approximate surface area is 78.2 Å². The van der Waals surface area contributed by atoms with Gasteiger partial charge >= 0.3 is 5.97 Å². The topological polar surface area (TPSA) is 60.4 Å². The van der Waals surface area contributed by atoms with Crippen LogP contribution in [0.3, 0.4) is 0 Å². The second-order valence-corrected chi connectivity index (χ2v) is 5.59. The van der Waals surface area contributed by atoms with Crippen molar-refractivity contribution in [3.63, 3.8) is 0 Å². The fraction of sp³-hybridized carbons (Fsp3) is 0.875. The molecule has 2 atom stereocenters. The van der Waals surface area contributed by atoms with E-state index in [1.807, 2.05) is 0 Å². The molecule has 2 unspecified atom stereocenters. The fourth-order valence-corrected chi connectivity index (χ4v) is 3.74. The Morgan fingerprint density at radius 2 is 2.15 bits per heavy atom. The van der Waals surface area contributed by atoms with Gasteiger partial charge in [-0.05, 0) is 12.8 Å². The van der Waals surface area contributed by atoms with Gasteiger partial charge in [0, 0.05) is 6.92 Å². The van der Waals surface area contributed by atoms with Crippen LogP contribution in [-0.4, -0.2) is 31.5 Å². The molecule has 4 nitrogen and oxygen atoms in total. The Hall–Kier alpha value is -0.580. The minimum absolute atomic E-state index is 0.142. The van der Waals surface area contributed by atoms with E-state index in [2.05, 4.69) is 0 Å². The molecule has 1 heterocycles. The van der Waals surface area contributed by atoms with Crippen LogP contribution in [0.5, 0.6) is 0 Å². The number of hydrogen-bond donors (Lipinski definition) is 0. The molecular formula is C8H14O4S. The standard InChI is InChI=1S/C8H14O4S/c1-3-8-7(12-6(2)9)4-5-13(8,10)11/h7-8H,3-5H2,1-2H3. The zero-order chi connectivity index (χ0) is 10.1. The molecule has 1 fully saturated rings. The first-order valence-electron chi connectivity index (χ1n) is 4.36. The maximum Gasteiger partial charge on any atom is 0.302 e. The predicted molar refractivity (Wildman–Crippen MR) is 48.0 cm³/mol. The van der Waals surface area contributed by atoms with E-state index in [0.717, 1.165) is 0 Å². The van der Waals surface area contributed by atoms with Crippen molar-refractivity contribution in [3.8, 4) is 0 Å².